The van der Waals surface area contributed by atoms with Crippen molar-refractivity contribution < 1.29 is 9.47 Å². The lowest BCUT2D eigenvalue weighted by Crippen LogP contribution is -2.06. The van der Waals surface area contributed by atoms with E-state index in [-0.39, 0.29) is 6.10 Å². The lowest BCUT2D eigenvalue weighted by Gasteiger charge is -2.14. The summed E-state index contributed by atoms with van der Waals surface area (Å²) in [5, 5.41) is 3.30. The van der Waals surface area contributed by atoms with Crippen LogP contribution in [0.5, 0.6) is 11.5 Å². The highest BCUT2D eigenvalue weighted by Gasteiger charge is 2.05. The molecule has 0 bridgehead atoms. The maximum Gasteiger partial charge on any atom is 0.135 e. The SMILES string of the molecule is COc1cc(Nc2cc(N)cc(OC(C)C)c2)ccc1Br. The molecule has 0 aliphatic heterocycles. The lowest BCUT2D eigenvalue weighted by atomic mass is 10.2. The Hall–Kier alpha value is -1.88. The summed E-state index contributed by atoms with van der Waals surface area (Å²) < 4.78 is 11.9. The molecule has 0 radical (unpaired) electrons. The molecule has 2 rings (SSSR count). The number of anilines is 3. The minimum atomic E-state index is 0.104. The van der Waals surface area contributed by atoms with Crippen molar-refractivity contribution in [2.24, 2.45) is 0 Å². The predicted molar refractivity (Wildman–Crippen MR) is 90.6 cm³/mol. The fourth-order valence-electron chi connectivity index (χ4n) is 1.94. The fraction of sp³-hybridized carbons (Fsp3) is 0.250. The number of nitrogens with one attached hydrogen (secondary N) is 1. The third-order valence-electron chi connectivity index (χ3n) is 2.74. The van der Waals surface area contributed by atoms with Crippen LogP contribution in [0.3, 0.4) is 0 Å². The Morgan fingerprint density at radius 3 is 2.52 bits per heavy atom. The highest BCUT2D eigenvalue weighted by Crippen LogP contribution is 2.31. The first-order valence-electron chi connectivity index (χ1n) is 6.65. The van der Waals surface area contributed by atoms with E-state index in [9.17, 15) is 0 Å². The van der Waals surface area contributed by atoms with Gasteiger partial charge in [-0.05, 0) is 48.0 Å². The second kappa shape index (κ2) is 6.72. The number of benzene rings is 2. The standard InChI is InChI=1S/C16H19BrN2O2/c1-10(2)21-14-7-11(18)6-13(8-14)19-12-4-5-15(17)16(9-12)20-3/h4-10,19H,18H2,1-3H3. The molecule has 2 aromatic rings. The number of nitrogens with two attached hydrogens (primary N) is 1. The number of ether oxygens (including phenoxy) is 2. The molecule has 0 aromatic heterocycles. The Morgan fingerprint density at radius 2 is 1.86 bits per heavy atom. The molecule has 2 aromatic carbocycles. The molecule has 0 amide bonds. The molecule has 0 fully saturated rings. The van der Waals surface area contributed by atoms with Gasteiger partial charge in [0.05, 0.1) is 17.7 Å². The molecular weight excluding hydrogens is 332 g/mol. The van der Waals surface area contributed by atoms with Crippen molar-refractivity contribution in [3.8, 4) is 11.5 Å². The van der Waals surface area contributed by atoms with E-state index in [0.717, 1.165) is 27.3 Å². The molecule has 0 atom stereocenters. The number of hydrogen-bond donors (Lipinski definition) is 2. The quantitative estimate of drug-likeness (QED) is 0.775. The Kier molecular flexibility index (Phi) is 4.96. The number of methoxy groups -OCH3 is 1. The molecule has 0 aliphatic carbocycles. The van der Waals surface area contributed by atoms with Crippen LogP contribution in [-0.4, -0.2) is 13.2 Å². The monoisotopic (exact) mass is 350 g/mol. The van der Waals surface area contributed by atoms with Gasteiger partial charge in [-0.25, -0.2) is 0 Å². The number of halogens is 1. The van der Waals surface area contributed by atoms with Gasteiger partial charge < -0.3 is 20.5 Å². The predicted octanol–water partition coefficient (Wildman–Crippen LogP) is 4.57. The Bertz CT molecular complexity index is 630. The van der Waals surface area contributed by atoms with E-state index in [1.54, 1.807) is 7.11 Å². The van der Waals surface area contributed by atoms with Gasteiger partial charge in [0.2, 0.25) is 0 Å². The summed E-state index contributed by atoms with van der Waals surface area (Å²) in [6, 6.07) is 11.4. The Balaban J connectivity index is 2.24. The van der Waals surface area contributed by atoms with Crippen LogP contribution in [0.1, 0.15) is 13.8 Å². The van der Waals surface area contributed by atoms with E-state index in [1.165, 1.54) is 0 Å². The highest BCUT2D eigenvalue weighted by molar-refractivity contribution is 9.10. The second-order valence-corrected chi connectivity index (χ2v) is 5.79. The summed E-state index contributed by atoms with van der Waals surface area (Å²) in [4.78, 5) is 0. The van der Waals surface area contributed by atoms with Crippen molar-refractivity contribution in [3.63, 3.8) is 0 Å². The second-order valence-electron chi connectivity index (χ2n) is 4.93. The van der Waals surface area contributed by atoms with Crippen LogP contribution in [0.25, 0.3) is 0 Å². The van der Waals surface area contributed by atoms with Crippen molar-refractivity contribution in [2.45, 2.75) is 20.0 Å². The van der Waals surface area contributed by atoms with Gasteiger partial charge >= 0.3 is 0 Å². The fourth-order valence-corrected chi connectivity index (χ4v) is 2.35. The van der Waals surface area contributed by atoms with Gasteiger partial charge in [-0.15, -0.1) is 0 Å². The van der Waals surface area contributed by atoms with Crippen LogP contribution >= 0.6 is 15.9 Å². The van der Waals surface area contributed by atoms with E-state index in [2.05, 4.69) is 21.2 Å². The molecule has 0 unspecified atom stereocenters. The summed E-state index contributed by atoms with van der Waals surface area (Å²) in [5.41, 5.74) is 8.35. The minimum absolute atomic E-state index is 0.104. The van der Waals surface area contributed by atoms with Crippen LogP contribution in [0.4, 0.5) is 17.1 Å². The molecule has 3 N–H and O–H groups in total. The number of rotatable bonds is 5. The summed E-state index contributed by atoms with van der Waals surface area (Å²) >= 11 is 3.43. The molecule has 21 heavy (non-hydrogen) atoms. The Labute approximate surface area is 133 Å². The van der Waals surface area contributed by atoms with E-state index >= 15 is 0 Å². The van der Waals surface area contributed by atoms with Gasteiger partial charge in [0.15, 0.2) is 0 Å². The zero-order chi connectivity index (χ0) is 15.4. The maximum absolute atomic E-state index is 5.92. The maximum atomic E-state index is 5.92. The average Bonchev–Trinajstić information content (AvgIpc) is 2.39. The van der Waals surface area contributed by atoms with Crippen molar-refractivity contribution >= 4 is 33.0 Å². The minimum Gasteiger partial charge on any atom is -0.495 e. The molecule has 0 aliphatic rings. The zero-order valence-corrected chi connectivity index (χ0v) is 13.9. The average molecular weight is 351 g/mol. The van der Waals surface area contributed by atoms with Gasteiger partial charge in [-0.1, -0.05) is 0 Å². The molecular formula is C16H19BrN2O2. The van der Waals surface area contributed by atoms with E-state index in [0.29, 0.717) is 5.69 Å². The first kappa shape index (κ1) is 15.5. The van der Waals surface area contributed by atoms with Gasteiger partial charge in [0.1, 0.15) is 11.5 Å². The van der Waals surface area contributed by atoms with Crippen LogP contribution in [0, 0.1) is 0 Å². The summed E-state index contributed by atoms with van der Waals surface area (Å²) in [5.74, 6) is 1.51. The molecule has 0 saturated carbocycles. The number of hydrogen-bond acceptors (Lipinski definition) is 4. The largest absolute Gasteiger partial charge is 0.495 e. The zero-order valence-electron chi connectivity index (χ0n) is 12.3. The summed E-state index contributed by atoms with van der Waals surface area (Å²) in [6.45, 7) is 3.96. The lowest BCUT2D eigenvalue weighted by molar-refractivity contribution is 0.242. The van der Waals surface area contributed by atoms with Crippen molar-refractivity contribution in [1.82, 2.24) is 0 Å². The third kappa shape index (κ3) is 4.29. The number of nitrogen functional groups attached to an aromatic ring is 1. The molecule has 0 spiro atoms. The van der Waals surface area contributed by atoms with Gasteiger partial charge in [-0.2, -0.15) is 0 Å². The normalized spacial score (nSPS) is 10.5. The molecule has 0 heterocycles. The van der Waals surface area contributed by atoms with Crippen LogP contribution in [-0.2, 0) is 0 Å². The van der Waals surface area contributed by atoms with E-state index in [4.69, 9.17) is 15.2 Å². The van der Waals surface area contributed by atoms with Crippen molar-refractivity contribution in [2.75, 3.05) is 18.2 Å². The van der Waals surface area contributed by atoms with E-state index in [1.807, 2.05) is 50.2 Å². The molecule has 4 nitrogen and oxygen atoms in total. The smallest absolute Gasteiger partial charge is 0.135 e. The van der Waals surface area contributed by atoms with E-state index < -0.39 is 0 Å². The van der Waals surface area contributed by atoms with Crippen LogP contribution in [0.2, 0.25) is 0 Å². The van der Waals surface area contributed by atoms with Gasteiger partial charge in [0, 0.05) is 35.3 Å². The van der Waals surface area contributed by atoms with Crippen molar-refractivity contribution in [1.29, 1.82) is 0 Å². The topological polar surface area (TPSA) is 56.5 Å². The highest BCUT2D eigenvalue weighted by atomic mass is 79.9. The molecule has 112 valence electrons. The Morgan fingerprint density at radius 1 is 1.10 bits per heavy atom. The summed E-state index contributed by atoms with van der Waals surface area (Å²) in [7, 11) is 1.64. The summed E-state index contributed by atoms with van der Waals surface area (Å²) in [6.07, 6.45) is 0.104. The van der Waals surface area contributed by atoms with Gasteiger partial charge in [-0.3, -0.25) is 0 Å². The first-order valence-corrected chi connectivity index (χ1v) is 7.45. The molecule has 5 heteroatoms. The third-order valence-corrected chi connectivity index (χ3v) is 3.40. The van der Waals surface area contributed by atoms with Gasteiger partial charge in [0.25, 0.3) is 0 Å². The van der Waals surface area contributed by atoms with Crippen molar-refractivity contribution in [3.05, 3.63) is 40.9 Å². The van der Waals surface area contributed by atoms with Crippen LogP contribution in [0.15, 0.2) is 40.9 Å². The van der Waals surface area contributed by atoms with Crippen LogP contribution < -0.4 is 20.5 Å². The molecule has 0 saturated heterocycles. The first-order chi connectivity index (χ1) is 9.97.